The highest BCUT2D eigenvalue weighted by atomic mass is 32.1. The second-order valence-electron chi connectivity index (χ2n) is 7.51. The molecule has 1 aliphatic rings. The van der Waals surface area contributed by atoms with Gasteiger partial charge in [-0.05, 0) is 35.2 Å². The number of nitrogens with one attached hydrogen (secondary N) is 1. The van der Waals surface area contributed by atoms with E-state index in [9.17, 15) is 4.79 Å². The van der Waals surface area contributed by atoms with Gasteiger partial charge in [0.15, 0.2) is 0 Å². The lowest BCUT2D eigenvalue weighted by atomic mass is 10.1. The van der Waals surface area contributed by atoms with E-state index in [1.807, 2.05) is 34.5 Å². The molecule has 1 aliphatic heterocycles. The van der Waals surface area contributed by atoms with Crippen LogP contribution in [0.2, 0.25) is 0 Å². The minimum atomic E-state index is -0.218. The Balaban J connectivity index is 1.58. The Morgan fingerprint density at radius 2 is 1.78 bits per heavy atom. The molecule has 0 saturated heterocycles. The summed E-state index contributed by atoms with van der Waals surface area (Å²) in [6.07, 6.45) is 2.06. The van der Waals surface area contributed by atoms with Gasteiger partial charge < -0.3 is 24.3 Å². The number of aromatic nitrogens is 1. The molecule has 0 radical (unpaired) electrons. The Morgan fingerprint density at radius 3 is 2.50 bits per heavy atom. The number of nitrogens with zero attached hydrogens (tertiary/aromatic N) is 2. The third-order valence-electron chi connectivity index (χ3n) is 5.64. The standard InChI is InChI=1S/C25H23N3O3S/c1-30-19-13-18(14-20(15-19)31-2)26-25(29)28-16-17-7-3-4-8-21(17)27-11-5-9-22(27)24(28)23-10-6-12-32-23/h3-15,24H,16H2,1-2H3,(H,26,29). The molecule has 0 spiro atoms. The summed E-state index contributed by atoms with van der Waals surface area (Å²) >= 11 is 1.65. The maximum atomic E-state index is 13.7. The monoisotopic (exact) mass is 445 g/mol. The first-order valence-corrected chi connectivity index (χ1v) is 11.2. The first-order valence-electron chi connectivity index (χ1n) is 10.3. The molecule has 2 aromatic heterocycles. The molecule has 0 aliphatic carbocycles. The number of thiophene rings is 1. The fourth-order valence-electron chi connectivity index (χ4n) is 4.16. The number of anilines is 1. The van der Waals surface area contributed by atoms with Crippen LogP contribution in [0.3, 0.4) is 0 Å². The molecule has 4 aromatic rings. The number of amides is 2. The molecule has 1 unspecified atom stereocenters. The summed E-state index contributed by atoms with van der Waals surface area (Å²) in [5.74, 6) is 1.23. The average Bonchev–Trinajstić information content (AvgIpc) is 3.50. The van der Waals surface area contributed by atoms with Crippen molar-refractivity contribution < 1.29 is 14.3 Å². The summed E-state index contributed by atoms with van der Waals surface area (Å²) < 4.78 is 12.9. The van der Waals surface area contributed by atoms with Gasteiger partial charge in [-0.15, -0.1) is 11.3 Å². The van der Waals surface area contributed by atoms with Crippen LogP contribution in [-0.2, 0) is 6.54 Å². The number of hydrogen-bond donors (Lipinski definition) is 1. The van der Waals surface area contributed by atoms with E-state index < -0.39 is 0 Å². The van der Waals surface area contributed by atoms with Gasteiger partial charge in [0.25, 0.3) is 0 Å². The molecule has 2 amide bonds. The molecule has 2 aromatic carbocycles. The van der Waals surface area contributed by atoms with Gasteiger partial charge in [-0.3, -0.25) is 0 Å². The van der Waals surface area contributed by atoms with Crippen molar-refractivity contribution in [1.82, 2.24) is 9.47 Å². The summed E-state index contributed by atoms with van der Waals surface area (Å²) in [6.45, 7) is 0.480. The number of para-hydroxylation sites is 1. The fraction of sp³-hybridized carbons (Fsp3) is 0.160. The van der Waals surface area contributed by atoms with Crippen LogP contribution in [0.5, 0.6) is 11.5 Å². The highest BCUT2D eigenvalue weighted by Gasteiger charge is 2.33. The fourth-order valence-corrected chi connectivity index (χ4v) is 5.01. The van der Waals surface area contributed by atoms with Crippen LogP contribution in [0.25, 0.3) is 5.69 Å². The Kier molecular flexibility index (Phi) is 5.33. The number of hydrogen-bond acceptors (Lipinski definition) is 4. The van der Waals surface area contributed by atoms with Crippen molar-refractivity contribution in [3.63, 3.8) is 0 Å². The molecule has 6 nitrogen and oxygen atoms in total. The predicted octanol–water partition coefficient (Wildman–Crippen LogP) is 5.69. The lowest BCUT2D eigenvalue weighted by Gasteiger charge is -2.30. The van der Waals surface area contributed by atoms with E-state index in [0.29, 0.717) is 23.7 Å². The average molecular weight is 446 g/mol. The first kappa shape index (κ1) is 20.2. The Labute approximate surface area is 190 Å². The number of fused-ring (bicyclic) bond motifs is 3. The van der Waals surface area contributed by atoms with Crippen molar-refractivity contribution in [3.05, 3.63) is 94.4 Å². The summed E-state index contributed by atoms with van der Waals surface area (Å²) in [5, 5.41) is 5.10. The maximum Gasteiger partial charge on any atom is 0.323 e. The zero-order valence-corrected chi connectivity index (χ0v) is 18.6. The Morgan fingerprint density at radius 1 is 1.00 bits per heavy atom. The topological polar surface area (TPSA) is 55.7 Å². The van der Waals surface area contributed by atoms with E-state index in [-0.39, 0.29) is 12.1 Å². The first-order chi connectivity index (χ1) is 15.7. The number of ether oxygens (including phenoxy) is 2. The molecule has 0 fully saturated rings. The number of benzene rings is 2. The van der Waals surface area contributed by atoms with Crippen molar-refractivity contribution in [2.45, 2.75) is 12.6 Å². The van der Waals surface area contributed by atoms with Crippen LogP contribution in [0.4, 0.5) is 10.5 Å². The van der Waals surface area contributed by atoms with Crippen LogP contribution in [0, 0.1) is 0 Å². The van der Waals surface area contributed by atoms with E-state index in [4.69, 9.17) is 9.47 Å². The second kappa shape index (κ2) is 8.43. The summed E-state index contributed by atoms with van der Waals surface area (Å²) in [6, 6.07) is 21.4. The van der Waals surface area contributed by atoms with Crippen molar-refractivity contribution >= 4 is 23.1 Å². The largest absolute Gasteiger partial charge is 0.497 e. The Hall–Kier alpha value is -3.71. The molecule has 0 saturated carbocycles. The second-order valence-corrected chi connectivity index (χ2v) is 8.49. The van der Waals surface area contributed by atoms with Gasteiger partial charge in [0.05, 0.1) is 32.1 Å². The van der Waals surface area contributed by atoms with Crippen molar-refractivity contribution in [2.24, 2.45) is 0 Å². The van der Waals surface area contributed by atoms with Crippen molar-refractivity contribution in [2.75, 3.05) is 19.5 Å². The van der Waals surface area contributed by atoms with Gasteiger partial charge >= 0.3 is 6.03 Å². The third-order valence-corrected chi connectivity index (χ3v) is 6.56. The van der Waals surface area contributed by atoms with E-state index >= 15 is 0 Å². The van der Waals surface area contributed by atoms with Gasteiger partial charge in [-0.1, -0.05) is 24.3 Å². The molecule has 1 N–H and O–H groups in total. The number of carbonyl (C=O) groups is 1. The SMILES string of the molecule is COc1cc(NC(=O)N2Cc3ccccc3-n3cccc3C2c2cccs2)cc(OC)c1. The lowest BCUT2D eigenvalue weighted by Crippen LogP contribution is -2.37. The van der Waals surface area contributed by atoms with E-state index in [1.165, 1.54) is 0 Å². The van der Waals surface area contributed by atoms with Gasteiger partial charge in [0.1, 0.15) is 17.5 Å². The zero-order valence-electron chi connectivity index (χ0n) is 17.8. The smallest absolute Gasteiger partial charge is 0.323 e. The molecular weight excluding hydrogens is 422 g/mol. The lowest BCUT2D eigenvalue weighted by molar-refractivity contribution is 0.195. The van der Waals surface area contributed by atoms with Crippen molar-refractivity contribution in [3.8, 4) is 17.2 Å². The zero-order chi connectivity index (χ0) is 22.1. The van der Waals surface area contributed by atoms with Gasteiger partial charge in [-0.25, -0.2) is 4.79 Å². The molecule has 3 heterocycles. The molecule has 162 valence electrons. The maximum absolute atomic E-state index is 13.7. The molecular formula is C25H23N3O3S. The summed E-state index contributed by atoms with van der Waals surface area (Å²) in [7, 11) is 3.18. The minimum Gasteiger partial charge on any atom is -0.497 e. The van der Waals surface area contributed by atoms with E-state index in [2.05, 4.69) is 40.3 Å². The molecule has 5 rings (SSSR count). The highest BCUT2D eigenvalue weighted by Crippen LogP contribution is 2.38. The van der Waals surface area contributed by atoms with Gasteiger partial charge in [-0.2, -0.15) is 0 Å². The molecule has 0 bridgehead atoms. The molecule has 32 heavy (non-hydrogen) atoms. The van der Waals surface area contributed by atoms with Crippen molar-refractivity contribution in [1.29, 1.82) is 0 Å². The summed E-state index contributed by atoms with van der Waals surface area (Å²) in [4.78, 5) is 16.7. The van der Waals surface area contributed by atoms with Crippen LogP contribution in [0.1, 0.15) is 22.2 Å². The van der Waals surface area contributed by atoms with Crippen LogP contribution < -0.4 is 14.8 Å². The van der Waals surface area contributed by atoms with Gasteiger partial charge in [0.2, 0.25) is 0 Å². The van der Waals surface area contributed by atoms with E-state index in [1.54, 1.807) is 43.8 Å². The molecule has 7 heteroatoms. The normalized spacial score (nSPS) is 14.8. The van der Waals surface area contributed by atoms with Crippen LogP contribution >= 0.6 is 11.3 Å². The number of carbonyl (C=O) groups excluding carboxylic acids is 1. The van der Waals surface area contributed by atoms with E-state index in [0.717, 1.165) is 21.8 Å². The highest BCUT2D eigenvalue weighted by molar-refractivity contribution is 7.10. The molecule has 1 atom stereocenters. The van der Waals surface area contributed by atoms with Crippen LogP contribution in [0.15, 0.2) is 78.3 Å². The number of urea groups is 1. The Bertz CT molecular complexity index is 1230. The third kappa shape index (κ3) is 3.61. The van der Waals surface area contributed by atoms with Gasteiger partial charge in [0, 0.05) is 35.0 Å². The number of rotatable bonds is 4. The number of methoxy groups -OCH3 is 2. The van der Waals surface area contributed by atoms with Crippen LogP contribution in [-0.4, -0.2) is 29.7 Å². The minimum absolute atomic E-state index is 0.192. The quantitative estimate of drug-likeness (QED) is 0.439. The summed E-state index contributed by atoms with van der Waals surface area (Å²) in [5.41, 5.74) is 3.84. The predicted molar refractivity (Wildman–Crippen MR) is 126 cm³/mol.